The van der Waals surface area contributed by atoms with Gasteiger partial charge in [-0.15, -0.1) is 0 Å². The van der Waals surface area contributed by atoms with Gasteiger partial charge in [-0.05, 0) is 47.5 Å². The summed E-state index contributed by atoms with van der Waals surface area (Å²) in [5.74, 6) is 0. The molecule has 0 aliphatic carbocycles. The Labute approximate surface area is 117 Å². The van der Waals surface area contributed by atoms with E-state index in [1.807, 2.05) is 7.05 Å². The summed E-state index contributed by atoms with van der Waals surface area (Å²) in [5, 5.41) is 9.00. The Morgan fingerprint density at radius 1 is 1.21 bits per heavy atom. The van der Waals surface area contributed by atoms with Gasteiger partial charge in [0.2, 0.25) is 0 Å². The predicted molar refractivity (Wildman–Crippen MR) is 82.7 cm³/mol. The van der Waals surface area contributed by atoms with Crippen molar-refractivity contribution in [2.24, 2.45) is 0 Å². The lowest BCUT2D eigenvalue weighted by atomic mass is 10.2. The highest BCUT2D eigenvalue weighted by Gasteiger charge is 2.07. The number of benzene rings is 1. The highest BCUT2D eigenvalue weighted by atomic mass is 32.1. The maximum Gasteiger partial charge on any atom is 0.0483 e. The van der Waals surface area contributed by atoms with Crippen molar-refractivity contribution in [3.63, 3.8) is 0 Å². The average molecular weight is 270 g/mol. The third kappa shape index (κ3) is 2.57. The Balaban J connectivity index is 1.90. The van der Waals surface area contributed by atoms with Crippen LogP contribution in [0.3, 0.4) is 0 Å². The molecule has 0 atom stereocenters. The molecule has 3 rings (SSSR count). The first kappa shape index (κ1) is 12.5. The molecule has 0 amide bonds. The van der Waals surface area contributed by atoms with Crippen molar-refractivity contribution in [3.05, 3.63) is 58.4 Å². The van der Waals surface area contributed by atoms with Crippen LogP contribution in [0.4, 0.5) is 0 Å². The molecule has 2 heterocycles. The molecule has 0 aliphatic rings. The van der Waals surface area contributed by atoms with E-state index in [1.165, 1.54) is 22.0 Å². The number of fused-ring (bicyclic) bond motifs is 1. The van der Waals surface area contributed by atoms with Crippen LogP contribution >= 0.6 is 11.3 Å². The van der Waals surface area contributed by atoms with Crippen LogP contribution in [-0.4, -0.2) is 11.6 Å². The van der Waals surface area contributed by atoms with Crippen molar-refractivity contribution in [2.75, 3.05) is 7.05 Å². The van der Waals surface area contributed by atoms with E-state index in [0.717, 1.165) is 19.5 Å². The number of hydrogen-bond acceptors (Lipinski definition) is 2. The Bertz CT molecular complexity index is 653. The van der Waals surface area contributed by atoms with E-state index in [4.69, 9.17) is 0 Å². The van der Waals surface area contributed by atoms with Crippen LogP contribution in [0, 0.1) is 0 Å². The van der Waals surface area contributed by atoms with E-state index in [1.54, 1.807) is 11.3 Å². The number of hydrogen-bond donors (Lipinski definition) is 1. The second-order valence-corrected chi connectivity index (χ2v) is 5.56. The molecule has 2 nitrogen and oxygen atoms in total. The minimum absolute atomic E-state index is 0.923. The normalized spacial score (nSPS) is 11.2. The van der Waals surface area contributed by atoms with Crippen LogP contribution < -0.4 is 5.32 Å². The van der Waals surface area contributed by atoms with Gasteiger partial charge in [0.05, 0.1) is 0 Å². The summed E-state index contributed by atoms with van der Waals surface area (Å²) in [4.78, 5) is 0. The molecule has 0 saturated heterocycles. The second kappa shape index (κ2) is 5.59. The van der Waals surface area contributed by atoms with Gasteiger partial charge in [-0.2, -0.15) is 11.3 Å². The molecule has 0 spiro atoms. The van der Waals surface area contributed by atoms with E-state index in [9.17, 15) is 0 Å². The van der Waals surface area contributed by atoms with Crippen molar-refractivity contribution in [1.29, 1.82) is 0 Å². The molecule has 0 bridgehead atoms. The maximum absolute atomic E-state index is 3.25. The van der Waals surface area contributed by atoms with Gasteiger partial charge in [0.15, 0.2) is 0 Å². The molecule has 98 valence electrons. The molecule has 1 N–H and O–H groups in total. The lowest BCUT2D eigenvalue weighted by molar-refractivity contribution is 0.716. The summed E-state index contributed by atoms with van der Waals surface area (Å²) < 4.78 is 2.37. The molecule has 19 heavy (non-hydrogen) atoms. The number of aromatic nitrogens is 1. The van der Waals surface area contributed by atoms with Gasteiger partial charge >= 0.3 is 0 Å². The first-order valence-corrected chi connectivity index (χ1v) is 7.55. The van der Waals surface area contributed by atoms with Crippen LogP contribution in [0.25, 0.3) is 10.9 Å². The maximum atomic E-state index is 3.25. The van der Waals surface area contributed by atoms with E-state index >= 15 is 0 Å². The van der Waals surface area contributed by atoms with Crippen LogP contribution in [-0.2, 0) is 19.5 Å². The molecule has 2 aromatic heterocycles. The fraction of sp³-hybridized carbons (Fsp3) is 0.250. The molecule has 3 aromatic rings. The van der Waals surface area contributed by atoms with Crippen molar-refractivity contribution in [3.8, 4) is 0 Å². The van der Waals surface area contributed by atoms with Gasteiger partial charge in [-0.25, -0.2) is 0 Å². The van der Waals surface area contributed by atoms with Gasteiger partial charge in [0, 0.05) is 30.2 Å². The van der Waals surface area contributed by atoms with Crippen LogP contribution in [0.1, 0.15) is 11.1 Å². The van der Waals surface area contributed by atoms with E-state index < -0.39 is 0 Å². The van der Waals surface area contributed by atoms with Crippen LogP contribution in [0.15, 0.2) is 47.3 Å². The second-order valence-electron chi connectivity index (χ2n) is 4.78. The summed E-state index contributed by atoms with van der Waals surface area (Å²) in [7, 11) is 2.00. The summed E-state index contributed by atoms with van der Waals surface area (Å²) in [5.41, 5.74) is 4.14. The number of aryl methyl sites for hydroxylation is 2. The first-order valence-electron chi connectivity index (χ1n) is 6.61. The van der Waals surface area contributed by atoms with E-state index in [-0.39, 0.29) is 0 Å². The number of nitrogens with one attached hydrogen (secondary N) is 1. The summed E-state index contributed by atoms with van der Waals surface area (Å²) >= 11 is 1.77. The van der Waals surface area contributed by atoms with Crippen LogP contribution in [0.5, 0.6) is 0 Å². The van der Waals surface area contributed by atoms with Gasteiger partial charge in [0.25, 0.3) is 0 Å². The smallest absolute Gasteiger partial charge is 0.0483 e. The fourth-order valence-corrected chi connectivity index (χ4v) is 3.23. The monoisotopic (exact) mass is 270 g/mol. The molecule has 3 heteroatoms. The highest BCUT2D eigenvalue weighted by Crippen LogP contribution is 2.22. The van der Waals surface area contributed by atoms with Gasteiger partial charge < -0.3 is 9.88 Å². The zero-order valence-corrected chi connectivity index (χ0v) is 11.9. The minimum atomic E-state index is 0.923. The van der Waals surface area contributed by atoms with Gasteiger partial charge in [-0.1, -0.05) is 18.2 Å². The number of para-hydroxylation sites is 1. The summed E-state index contributed by atoms with van der Waals surface area (Å²) in [6.45, 7) is 1.97. The third-order valence-corrected chi connectivity index (χ3v) is 4.19. The summed E-state index contributed by atoms with van der Waals surface area (Å²) in [6, 6.07) is 10.9. The molecular formula is C16H18N2S. The summed E-state index contributed by atoms with van der Waals surface area (Å²) in [6.07, 6.45) is 3.38. The zero-order valence-electron chi connectivity index (χ0n) is 11.1. The van der Waals surface area contributed by atoms with E-state index in [0.29, 0.717) is 0 Å². The molecule has 1 aromatic carbocycles. The number of rotatable bonds is 5. The number of thiophene rings is 1. The Morgan fingerprint density at radius 2 is 2.11 bits per heavy atom. The Hall–Kier alpha value is -1.58. The largest absolute Gasteiger partial charge is 0.347 e. The number of nitrogens with zero attached hydrogens (tertiary/aromatic N) is 1. The van der Waals surface area contributed by atoms with Crippen molar-refractivity contribution < 1.29 is 0 Å². The zero-order chi connectivity index (χ0) is 13.1. The van der Waals surface area contributed by atoms with Gasteiger partial charge in [0.1, 0.15) is 0 Å². The quantitative estimate of drug-likeness (QED) is 0.748. The molecule has 0 fully saturated rings. The average Bonchev–Trinajstić information content (AvgIpc) is 3.06. The van der Waals surface area contributed by atoms with Gasteiger partial charge in [-0.3, -0.25) is 0 Å². The first-order chi connectivity index (χ1) is 9.38. The highest BCUT2D eigenvalue weighted by molar-refractivity contribution is 7.07. The molecule has 0 radical (unpaired) electrons. The third-order valence-electron chi connectivity index (χ3n) is 3.46. The molecule has 0 saturated carbocycles. The Morgan fingerprint density at radius 3 is 2.89 bits per heavy atom. The topological polar surface area (TPSA) is 17.0 Å². The van der Waals surface area contributed by atoms with Crippen molar-refractivity contribution in [1.82, 2.24) is 9.88 Å². The standard InChI is InChI=1S/C16H18N2S/c1-17-10-14-11-18(8-6-13-7-9-19-12-13)16-5-3-2-4-15(14)16/h2-5,7,9,11-12,17H,6,8,10H2,1H3. The molecule has 0 unspecified atom stereocenters. The van der Waals surface area contributed by atoms with Crippen molar-refractivity contribution in [2.45, 2.75) is 19.5 Å². The molecular weight excluding hydrogens is 252 g/mol. The predicted octanol–water partition coefficient (Wildman–Crippen LogP) is 3.66. The minimum Gasteiger partial charge on any atom is -0.347 e. The van der Waals surface area contributed by atoms with E-state index in [2.05, 4.69) is 57.2 Å². The lowest BCUT2D eigenvalue weighted by Gasteiger charge is -2.03. The lowest BCUT2D eigenvalue weighted by Crippen LogP contribution is -2.04. The van der Waals surface area contributed by atoms with Crippen molar-refractivity contribution >= 4 is 22.2 Å². The Kier molecular flexibility index (Phi) is 3.67. The molecule has 0 aliphatic heterocycles. The fourth-order valence-electron chi connectivity index (χ4n) is 2.52. The van der Waals surface area contributed by atoms with Crippen LogP contribution in [0.2, 0.25) is 0 Å². The SMILES string of the molecule is CNCc1cn(CCc2ccsc2)c2ccccc12.